The maximum absolute atomic E-state index is 9.82. The van der Waals surface area contributed by atoms with E-state index in [-0.39, 0.29) is 12.0 Å². The van der Waals surface area contributed by atoms with Crippen molar-refractivity contribution in [2.75, 3.05) is 10.6 Å². The van der Waals surface area contributed by atoms with Gasteiger partial charge in [-0.3, -0.25) is 0 Å². The van der Waals surface area contributed by atoms with E-state index in [4.69, 9.17) is 16.3 Å². The van der Waals surface area contributed by atoms with Gasteiger partial charge in [-0.1, -0.05) is 24.4 Å². The van der Waals surface area contributed by atoms with Crippen molar-refractivity contribution in [2.45, 2.75) is 45.3 Å². The monoisotopic (exact) mass is 397 g/mol. The second-order valence-electron chi connectivity index (χ2n) is 7.32. The Morgan fingerprint density at radius 3 is 3.00 bits per heavy atom. The molecule has 144 valence electrons. The molecule has 3 N–H and O–H groups in total. The molecule has 2 aliphatic rings. The second kappa shape index (κ2) is 7.96. The van der Waals surface area contributed by atoms with Crippen molar-refractivity contribution in [2.24, 2.45) is 5.92 Å². The van der Waals surface area contributed by atoms with Gasteiger partial charge in [0.2, 0.25) is 5.95 Å². The third kappa shape index (κ3) is 3.79. The molecule has 0 unspecified atom stereocenters. The lowest BCUT2D eigenvalue weighted by molar-refractivity contribution is 0.275. The van der Waals surface area contributed by atoms with E-state index in [1.165, 1.54) is 0 Å². The highest BCUT2D eigenvalue weighted by molar-refractivity contribution is 6.65. The van der Waals surface area contributed by atoms with Crippen molar-refractivity contribution in [1.82, 2.24) is 9.97 Å². The standard InChI is InChI=1S/C19H21BClN5O2/c1-11-9-23-19(26-18(11)25-16-5-3-2-4-12(16)8-22)24-14-6-13-10-28-20(27)17(13)15(21)7-14/h6-7,9,12,16,27H,2-5,10H2,1H3,(H2,23,24,25,26)/t12-,16+/m1/s1. The van der Waals surface area contributed by atoms with E-state index in [9.17, 15) is 10.3 Å². The molecular weight excluding hydrogens is 377 g/mol. The molecule has 0 bridgehead atoms. The molecule has 2 heterocycles. The summed E-state index contributed by atoms with van der Waals surface area (Å²) in [6.45, 7) is 2.26. The molecule has 4 rings (SSSR count). The number of nitrogens with one attached hydrogen (secondary N) is 2. The zero-order valence-electron chi connectivity index (χ0n) is 15.6. The molecule has 1 aromatic carbocycles. The van der Waals surface area contributed by atoms with Crippen LogP contribution in [0, 0.1) is 24.2 Å². The summed E-state index contributed by atoms with van der Waals surface area (Å²) in [5.41, 5.74) is 3.10. The molecule has 9 heteroatoms. The fourth-order valence-electron chi connectivity index (χ4n) is 3.81. The first-order valence-corrected chi connectivity index (χ1v) is 9.81. The Kier molecular flexibility index (Phi) is 5.40. The smallest absolute Gasteiger partial charge is 0.423 e. The Hall–Kier alpha value is -2.34. The van der Waals surface area contributed by atoms with Crippen LogP contribution in [0.15, 0.2) is 18.3 Å². The van der Waals surface area contributed by atoms with Crippen LogP contribution in [0.25, 0.3) is 0 Å². The van der Waals surface area contributed by atoms with Crippen molar-refractivity contribution < 1.29 is 9.68 Å². The number of anilines is 3. The Bertz CT molecular complexity index is 935. The molecule has 0 spiro atoms. The number of aryl methyl sites for hydroxylation is 1. The Morgan fingerprint density at radius 1 is 1.36 bits per heavy atom. The Morgan fingerprint density at radius 2 is 2.18 bits per heavy atom. The van der Waals surface area contributed by atoms with Gasteiger partial charge in [-0.05, 0) is 37.5 Å². The SMILES string of the molecule is Cc1cnc(Nc2cc(Cl)c3c(c2)COB3O)nc1N[C@H]1CCCC[C@@H]1C#N. The number of benzene rings is 1. The van der Waals surface area contributed by atoms with E-state index < -0.39 is 7.12 Å². The van der Waals surface area contributed by atoms with E-state index in [0.29, 0.717) is 23.0 Å². The highest BCUT2D eigenvalue weighted by Crippen LogP contribution is 2.28. The highest BCUT2D eigenvalue weighted by Gasteiger charge is 2.30. The Balaban J connectivity index is 1.55. The average Bonchev–Trinajstić information content (AvgIpc) is 3.06. The lowest BCUT2D eigenvalue weighted by Gasteiger charge is -2.28. The summed E-state index contributed by atoms with van der Waals surface area (Å²) < 4.78 is 5.23. The molecule has 2 atom stereocenters. The normalized spacial score (nSPS) is 21.1. The summed E-state index contributed by atoms with van der Waals surface area (Å²) in [7, 11) is -0.980. The molecule has 0 radical (unpaired) electrons. The zero-order chi connectivity index (χ0) is 19.7. The van der Waals surface area contributed by atoms with Crippen LogP contribution in [0.1, 0.15) is 36.8 Å². The van der Waals surface area contributed by atoms with Crippen LogP contribution in [0.2, 0.25) is 5.02 Å². The predicted molar refractivity (Wildman–Crippen MR) is 109 cm³/mol. The molecule has 1 fully saturated rings. The number of fused-ring (bicyclic) bond motifs is 1. The molecule has 1 saturated carbocycles. The minimum Gasteiger partial charge on any atom is -0.423 e. The number of hydrogen-bond donors (Lipinski definition) is 3. The third-order valence-corrected chi connectivity index (χ3v) is 5.65. The number of aromatic nitrogens is 2. The molecule has 0 saturated heterocycles. The largest absolute Gasteiger partial charge is 0.493 e. The third-order valence-electron chi connectivity index (χ3n) is 5.34. The van der Waals surface area contributed by atoms with Gasteiger partial charge in [0.15, 0.2) is 0 Å². The van der Waals surface area contributed by atoms with Gasteiger partial charge < -0.3 is 20.3 Å². The molecule has 0 amide bonds. The van der Waals surface area contributed by atoms with Crippen molar-refractivity contribution in [3.05, 3.63) is 34.5 Å². The van der Waals surface area contributed by atoms with E-state index in [1.54, 1.807) is 12.3 Å². The van der Waals surface area contributed by atoms with Crippen LogP contribution in [-0.4, -0.2) is 28.2 Å². The van der Waals surface area contributed by atoms with Gasteiger partial charge >= 0.3 is 7.12 Å². The first-order chi connectivity index (χ1) is 13.5. The van der Waals surface area contributed by atoms with Gasteiger partial charge in [-0.2, -0.15) is 10.2 Å². The van der Waals surface area contributed by atoms with Gasteiger partial charge in [0, 0.05) is 34.0 Å². The van der Waals surface area contributed by atoms with Crippen LogP contribution in [0.5, 0.6) is 0 Å². The predicted octanol–water partition coefficient (Wildman–Crippen LogP) is 2.89. The Labute approximate surface area is 169 Å². The molecule has 1 aliphatic heterocycles. The lowest BCUT2D eigenvalue weighted by atomic mass is 9.79. The second-order valence-corrected chi connectivity index (χ2v) is 7.72. The minimum atomic E-state index is -0.980. The van der Waals surface area contributed by atoms with Crippen molar-refractivity contribution in [1.29, 1.82) is 5.26 Å². The average molecular weight is 398 g/mol. The van der Waals surface area contributed by atoms with Crippen LogP contribution in [-0.2, 0) is 11.3 Å². The van der Waals surface area contributed by atoms with Gasteiger partial charge in [0.05, 0.1) is 18.6 Å². The topological polar surface area (TPSA) is 103 Å². The first-order valence-electron chi connectivity index (χ1n) is 9.44. The molecular formula is C19H21BClN5O2. The fourth-order valence-corrected chi connectivity index (χ4v) is 4.14. The maximum atomic E-state index is 9.82. The van der Waals surface area contributed by atoms with Crippen LogP contribution in [0.3, 0.4) is 0 Å². The van der Waals surface area contributed by atoms with E-state index in [2.05, 4.69) is 26.7 Å². The molecule has 7 nitrogen and oxygen atoms in total. The van der Waals surface area contributed by atoms with Gasteiger partial charge in [0.1, 0.15) is 5.82 Å². The summed E-state index contributed by atoms with van der Waals surface area (Å²) in [6.07, 6.45) is 5.86. The summed E-state index contributed by atoms with van der Waals surface area (Å²) in [5.74, 6) is 1.17. The number of halogens is 1. The van der Waals surface area contributed by atoms with E-state index in [0.717, 1.165) is 48.3 Å². The van der Waals surface area contributed by atoms with Gasteiger partial charge in [-0.25, -0.2) is 4.98 Å². The molecule has 2 aromatic rings. The fraction of sp³-hybridized carbons (Fsp3) is 0.421. The maximum Gasteiger partial charge on any atom is 0.493 e. The molecule has 1 aromatic heterocycles. The zero-order valence-corrected chi connectivity index (χ0v) is 16.3. The quantitative estimate of drug-likeness (QED) is 0.682. The summed E-state index contributed by atoms with van der Waals surface area (Å²) in [6, 6.07) is 6.12. The van der Waals surface area contributed by atoms with Crippen molar-refractivity contribution >= 4 is 41.6 Å². The minimum absolute atomic E-state index is 0.00136. The molecule has 1 aliphatic carbocycles. The van der Waals surface area contributed by atoms with E-state index >= 15 is 0 Å². The van der Waals surface area contributed by atoms with Gasteiger partial charge in [0.25, 0.3) is 0 Å². The van der Waals surface area contributed by atoms with Crippen LogP contribution >= 0.6 is 11.6 Å². The molecule has 28 heavy (non-hydrogen) atoms. The highest BCUT2D eigenvalue weighted by atomic mass is 35.5. The number of nitrogens with zero attached hydrogens (tertiary/aromatic N) is 3. The number of hydrogen-bond acceptors (Lipinski definition) is 7. The summed E-state index contributed by atoms with van der Waals surface area (Å²) in [5, 5.41) is 26.3. The first kappa shape index (κ1) is 19.0. The lowest BCUT2D eigenvalue weighted by Crippen LogP contribution is -2.32. The summed E-state index contributed by atoms with van der Waals surface area (Å²) in [4.78, 5) is 8.96. The van der Waals surface area contributed by atoms with Crippen molar-refractivity contribution in [3.8, 4) is 6.07 Å². The van der Waals surface area contributed by atoms with Crippen molar-refractivity contribution in [3.63, 3.8) is 0 Å². The number of rotatable bonds is 4. The van der Waals surface area contributed by atoms with E-state index in [1.807, 2.05) is 13.0 Å². The van der Waals surface area contributed by atoms with Crippen LogP contribution < -0.4 is 16.1 Å². The van der Waals surface area contributed by atoms with Gasteiger partial charge in [-0.15, -0.1) is 0 Å². The van der Waals surface area contributed by atoms with Crippen LogP contribution in [0.4, 0.5) is 17.5 Å². The number of nitriles is 1. The summed E-state index contributed by atoms with van der Waals surface area (Å²) >= 11 is 6.29.